The summed E-state index contributed by atoms with van der Waals surface area (Å²) in [5.41, 5.74) is 1.19. The fourth-order valence-corrected chi connectivity index (χ4v) is 2.73. The number of aromatic nitrogens is 2. The van der Waals surface area contributed by atoms with Gasteiger partial charge in [-0.1, -0.05) is 12.1 Å². The van der Waals surface area contributed by atoms with Gasteiger partial charge in [0.15, 0.2) is 5.16 Å². The lowest BCUT2D eigenvalue weighted by Crippen LogP contribution is -2.35. The molecule has 0 aliphatic carbocycles. The first-order valence-electron chi connectivity index (χ1n) is 6.42. The second kappa shape index (κ2) is 6.70. The third-order valence-electron chi connectivity index (χ3n) is 2.54. The molecular formula is C15H18BrN3S. The average Bonchev–Trinajstić information content (AvgIpc) is 2.40. The van der Waals surface area contributed by atoms with Gasteiger partial charge in [0.1, 0.15) is 0 Å². The molecule has 20 heavy (non-hydrogen) atoms. The number of halogens is 1. The first kappa shape index (κ1) is 15.5. The van der Waals surface area contributed by atoms with Gasteiger partial charge in [-0.3, -0.25) is 0 Å². The first-order valence-corrected chi connectivity index (χ1v) is 8.03. The monoisotopic (exact) mass is 351 g/mol. The van der Waals surface area contributed by atoms with Crippen LogP contribution < -0.4 is 5.32 Å². The minimum Gasteiger partial charge on any atom is -0.308 e. The van der Waals surface area contributed by atoms with Crippen molar-refractivity contribution in [3.05, 3.63) is 46.7 Å². The van der Waals surface area contributed by atoms with Crippen molar-refractivity contribution in [3.8, 4) is 0 Å². The summed E-state index contributed by atoms with van der Waals surface area (Å²) >= 11 is 5.09. The predicted molar refractivity (Wildman–Crippen MR) is 86.9 cm³/mol. The van der Waals surface area contributed by atoms with Crippen molar-refractivity contribution in [3.63, 3.8) is 0 Å². The van der Waals surface area contributed by atoms with Gasteiger partial charge < -0.3 is 5.32 Å². The molecule has 2 rings (SSSR count). The maximum Gasteiger partial charge on any atom is 0.192 e. The molecule has 0 aliphatic heterocycles. The van der Waals surface area contributed by atoms with Gasteiger partial charge >= 0.3 is 0 Å². The molecule has 0 spiro atoms. The molecule has 1 aromatic heterocycles. The minimum absolute atomic E-state index is 0.0995. The van der Waals surface area contributed by atoms with E-state index in [-0.39, 0.29) is 5.54 Å². The summed E-state index contributed by atoms with van der Waals surface area (Å²) in [6, 6.07) is 8.07. The van der Waals surface area contributed by atoms with Crippen LogP contribution in [0.1, 0.15) is 26.3 Å². The maximum atomic E-state index is 4.41. The van der Waals surface area contributed by atoms with Gasteiger partial charge in [-0.25, -0.2) is 9.97 Å². The Morgan fingerprint density at radius 1 is 1.15 bits per heavy atom. The standard InChI is InChI=1S/C15H18BrN3S/c1-15(2,3)19-10-11-8-17-14(18-9-11)20-13-7-5-4-6-12(13)16/h4-9,19H,10H2,1-3H3. The lowest BCUT2D eigenvalue weighted by Gasteiger charge is -2.20. The van der Waals surface area contributed by atoms with E-state index in [1.807, 2.05) is 36.7 Å². The van der Waals surface area contributed by atoms with Crippen molar-refractivity contribution >= 4 is 27.7 Å². The van der Waals surface area contributed by atoms with Gasteiger partial charge in [0, 0.05) is 39.4 Å². The molecule has 0 saturated heterocycles. The number of benzene rings is 1. The molecule has 0 aliphatic rings. The van der Waals surface area contributed by atoms with Crippen LogP contribution in [-0.2, 0) is 6.54 Å². The molecule has 3 nitrogen and oxygen atoms in total. The zero-order valence-corrected chi connectivity index (χ0v) is 14.3. The van der Waals surface area contributed by atoms with Gasteiger partial charge in [0.25, 0.3) is 0 Å². The molecule has 0 unspecified atom stereocenters. The van der Waals surface area contributed by atoms with Gasteiger partial charge in [0.2, 0.25) is 0 Å². The molecular weight excluding hydrogens is 334 g/mol. The molecule has 106 valence electrons. The summed E-state index contributed by atoms with van der Waals surface area (Å²) in [6.07, 6.45) is 3.76. The van der Waals surface area contributed by atoms with Gasteiger partial charge in [-0.05, 0) is 60.6 Å². The van der Waals surface area contributed by atoms with Crippen LogP contribution in [0.15, 0.2) is 51.2 Å². The van der Waals surface area contributed by atoms with E-state index in [1.165, 1.54) is 0 Å². The lowest BCUT2D eigenvalue weighted by atomic mass is 10.1. The van der Waals surface area contributed by atoms with Crippen LogP contribution in [0.3, 0.4) is 0 Å². The number of rotatable bonds is 4. The highest BCUT2D eigenvalue weighted by atomic mass is 79.9. The van der Waals surface area contributed by atoms with Crippen molar-refractivity contribution < 1.29 is 0 Å². The number of nitrogens with zero attached hydrogens (tertiary/aromatic N) is 2. The fourth-order valence-electron chi connectivity index (χ4n) is 1.48. The molecule has 0 saturated carbocycles. The highest BCUT2D eigenvalue weighted by molar-refractivity contribution is 9.10. The predicted octanol–water partition coefficient (Wildman–Crippen LogP) is 4.28. The number of hydrogen-bond acceptors (Lipinski definition) is 4. The molecule has 0 atom stereocenters. The third kappa shape index (κ3) is 4.89. The number of nitrogens with one attached hydrogen (secondary N) is 1. The van der Waals surface area contributed by atoms with E-state index in [0.29, 0.717) is 0 Å². The Morgan fingerprint density at radius 3 is 2.40 bits per heavy atom. The second-order valence-corrected chi connectivity index (χ2v) is 7.37. The van der Waals surface area contributed by atoms with E-state index in [4.69, 9.17) is 0 Å². The fraction of sp³-hybridized carbons (Fsp3) is 0.333. The lowest BCUT2D eigenvalue weighted by molar-refractivity contribution is 0.423. The second-order valence-electron chi connectivity index (χ2n) is 5.51. The summed E-state index contributed by atoms with van der Waals surface area (Å²) in [4.78, 5) is 9.93. The first-order chi connectivity index (χ1) is 9.44. The summed E-state index contributed by atoms with van der Waals surface area (Å²) < 4.78 is 1.06. The van der Waals surface area contributed by atoms with Crippen molar-refractivity contribution in [1.82, 2.24) is 15.3 Å². The third-order valence-corrected chi connectivity index (χ3v) is 4.47. The Bertz CT molecular complexity index is 564. The molecule has 2 aromatic rings. The van der Waals surface area contributed by atoms with E-state index >= 15 is 0 Å². The smallest absolute Gasteiger partial charge is 0.192 e. The Balaban J connectivity index is 2.00. The molecule has 1 aromatic carbocycles. The Morgan fingerprint density at radius 2 is 1.80 bits per heavy atom. The molecule has 1 N–H and O–H groups in total. The van der Waals surface area contributed by atoms with E-state index in [2.05, 4.69) is 52.0 Å². The van der Waals surface area contributed by atoms with E-state index in [9.17, 15) is 0 Å². The minimum atomic E-state index is 0.0995. The van der Waals surface area contributed by atoms with E-state index in [1.54, 1.807) is 11.8 Å². The van der Waals surface area contributed by atoms with Crippen molar-refractivity contribution in [2.45, 2.75) is 42.9 Å². The van der Waals surface area contributed by atoms with Crippen molar-refractivity contribution in [2.24, 2.45) is 0 Å². The molecule has 0 amide bonds. The summed E-state index contributed by atoms with van der Waals surface area (Å²) in [7, 11) is 0. The Kier molecular flexibility index (Phi) is 5.18. The molecule has 0 fully saturated rings. The topological polar surface area (TPSA) is 37.8 Å². The number of hydrogen-bond donors (Lipinski definition) is 1. The quantitative estimate of drug-likeness (QED) is 0.834. The highest BCUT2D eigenvalue weighted by Gasteiger charge is 2.09. The van der Waals surface area contributed by atoms with Crippen molar-refractivity contribution in [1.29, 1.82) is 0 Å². The van der Waals surface area contributed by atoms with Crippen LogP contribution in [0.5, 0.6) is 0 Å². The van der Waals surface area contributed by atoms with E-state index in [0.717, 1.165) is 26.6 Å². The normalized spacial score (nSPS) is 11.6. The van der Waals surface area contributed by atoms with Crippen molar-refractivity contribution in [2.75, 3.05) is 0 Å². The Labute approximate surface area is 132 Å². The van der Waals surface area contributed by atoms with Crippen LogP contribution in [0.4, 0.5) is 0 Å². The molecule has 0 radical (unpaired) electrons. The van der Waals surface area contributed by atoms with Crippen LogP contribution in [0.2, 0.25) is 0 Å². The maximum absolute atomic E-state index is 4.41. The van der Waals surface area contributed by atoms with Gasteiger partial charge in [0.05, 0.1) is 0 Å². The van der Waals surface area contributed by atoms with Crippen LogP contribution in [-0.4, -0.2) is 15.5 Å². The van der Waals surface area contributed by atoms with Crippen LogP contribution >= 0.6 is 27.7 Å². The largest absolute Gasteiger partial charge is 0.308 e. The molecule has 0 bridgehead atoms. The Hall–Kier alpha value is -0.910. The molecule has 1 heterocycles. The highest BCUT2D eigenvalue weighted by Crippen LogP contribution is 2.30. The SMILES string of the molecule is CC(C)(C)NCc1cnc(Sc2ccccc2Br)nc1. The zero-order chi connectivity index (χ0) is 14.6. The van der Waals surface area contributed by atoms with Crippen LogP contribution in [0.25, 0.3) is 0 Å². The van der Waals surface area contributed by atoms with Crippen LogP contribution in [0, 0.1) is 0 Å². The summed E-state index contributed by atoms with van der Waals surface area (Å²) in [6.45, 7) is 7.21. The summed E-state index contributed by atoms with van der Waals surface area (Å²) in [5, 5.41) is 4.18. The summed E-state index contributed by atoms with van der Waals surface area (Å²) in [5.74, 6) is 0. The van der Waals surface area contributed by atoms with Gasteiger partial charge in [-0.2, -0.15) is 0 Å². The molecule has 5 heteroatoms. The zero-order valence-electron chi connectivity index (χ0n) is 11.9. The average molecular weight is 352 g/mol. The van der Waals surface area contributed by atoms with Gasteiger partial charge in [-0.15, -0.1) is 0 Å². The van der Waals surface area contributed by atoms with E-state index < -0.39 is 0 Å².